The normalized spacial score (nSPS) is 14.6. The van der Waals surface area contributed by atoms with E-state index in [1.807, 2.05) is 6.92 Å². The average Bonchev–Trinajstić information content (AvgIpc) is 2.70. The Morgan fingerprint density at radius 2 is 2.50 bits per heavy atom. The van der Waals surface area contributed by atoms with Crippen molar-refractivity contribution in [3.63, 3.8) is 0 Å². The number of carboxylic acid groups (broad SMARTS) is 1. The Hall–Kier alpha value is -0.660. The summed E-state index contributed by atoms with van der Waals surface area (Å²) in [5.74, 6) is -0.0995. The van der Waals surface area contributed by atoms with Gasteiger partial charge in [-0.05, 0) is 19.9 Å². The largest absolute Gasteiger partial charge is 0.480 e. The molecule has 1 atom stereocenters. The van der Waals surface area contributed by atoms with Crippen LogP contribution in [-0.4, -0.2) is 39.1 Å². The van der Waals surface area contributed by atoms with Crippen LogP contribution in [0.25, 0.3) is 0 Å². The molecular weight excluding hydrogens is 246 g/mol. The maximum Gasteiger partial charge on any atom is 0.323 e. The minimum atomic E-state index is -0.855. The summed E-state index contributed by atoms with van der Waals surface area (Å²) in [4.78, 5) is 11.1. The molecule has 1 heterocycles. The van der Waals surface area contributed by atoms with Crippen LogP contribution in [0, 0.1) is 0 Å². The van der Waals surface area contributed by atoms with Crippen molar-refractivity contribution in [1.82, 2.24) is 15.5 Å². The van der Waals surface area contributed by atoms with Crippen LogP contribution in [0.4, 0.5) is 0 Å². The van der Waals surface area contributed by atoms with Gasteiger partial charge in [-0.1, -0.05) is 30.0 Å². The van der Waals surface area contributed by atoms with E-state index in [0.717, 1.165) is 4.34 Å². The second-order valence-corrected chi connectivity index (χ2v) is 5.65. The van der Waals surface area contributed by atoms with Gasteiger partial charge in [-0.25, -0.2) is 0 Å². The summed E-state index contributed by atoms with van der Waals surface area (Å²) in [5.41, 5.74) is 0.815. The maximum atomic E-state index is 11.1. The Kier molecular flexibility index (Phi) is 5.17. The third-order valence-corrected chi connectivity index (χ3v) is 4.07. The molecule has 0 saturated heterocycles. The summed E-state index contributed by atoms with van der Waals surface area (Å²) in [6, 6.07) is 0. The van der Waals surface area contributed by atoms with Gasteiger partial charge < -0.3 is 10.4 Å². The van der Waals surface area contributed by atoms with Gasteiger partial charge in [0.25, 0.3) is 0 Å². The van der Waals surface area contributed by atoms with Crippen molar-refractivity contribution in [3.8, 4) is 0 Å². The number of likely N-dealkylation sites (N-methyl/N-ethyl adjacent to an activating group) is 1. The molecule has 0 amide bonds. The van der Waals surface area contributed by atoms with Gasteiger partial charge in [-0.2, -0.15) is 0 Å². The van der Waals surface area contributed by atoms with Crippen LogP contribution in [0.5, 0.6) is 0 Å². The second-order valence-electron chi connectivity index (χ2n) is 3.47. The number of aliphatic carboxylic acids is 1. The molecular formula is C9H15N3O2S2. The number of nitrogens with zero attached hydrogens (tertiary/aromatic N) is 2. The van der Waals surface area contributed by atoms with E-state index in [1.54, 1.807) is 12.4 Å². The van der Waals surface area contributed by atoms with Crippen molar-refractivity contribution in [1.29, 1.82) is 0 Å². The molecule has 0 aliphatic heterocycles. The van der Waals surface area contributed by atoms with Crippen molar-refractivity contribution in [2.45, 2.75) is 30.1 Å². The van der Waals surface area contributed by atoms with E-state index in [0.29, 0.717) is 18.7 Å². The van der Waals surface area contributed by atoms with E-state index in [9.17, 15) is 4.79 Å². The Labute approximate surface area is 103 Å². The van der Waals surface area contributed by atoms with Crippen LogP contribution < -0.4 is 5.32 Å². The molecule has 90 valence electrons. The van der Waals surface area contributed by atoms with Crippen LogP contribution in [0.1, 0.15) is 20.3 Å². The minimum absolute atomic E-state index is 0.556. The van der Waals surface area contributed by atoms with Gasteiger partial charge in [0, 0.05) is 5.75 Å². The predicted molar refractivity (Wildman–Crippen MR) is 65.0 cm³/mol. The van der Waals surface area contributed by atoms with Crippen LogP contribution >= 0.6 is 23.1 Å². The monoisotopic (exact) mass is 261 g/mol. The van der Waals surface area contributed by atoms with E-state index in [1.165, 1.54) is 23.1 Å². The lowest BCUT2D eigenvalue weighted by Gasteiger charge is -2.25. The third kappa shape index (κ3) is 3.73. The summed E-state index contributed by atoms with van der Waals surface area (Å²) < 4.78 is 0.879. The van der Waals surface area contributed by atoms with Crippen LogP contribution in [0.15, 0.2) is 9.85 Å². The van der Waals surface area contributed by atoms with Gasteiger partial charge in [0.1, 0.15) is 11.0 Å². The molecule has 0 spiro atoms. The predicted octanol–water partition coefficient (Wildman–Crippen LogP) is 1.47. The Balaban J connectivity index is 2.41. The van der Waals surface area contributed by atoms with Crippen molar-refractivity contribution in [2.24, 2.45) is 0 Å². The number of carbonyl (C=O) groups is 1. The van der Waals surface area contributed by atoms with Gasteiger partial charge in [0.15, 0.2) is 4.34 Å². The van der Waals surface area contributed by atoms with Crippen molar-refractivity contribution < 1.29 is 9.90 Å². The van der Waals surface area contributed by atoms with E-state index in [2.05, 4.69) is 15.5 Å². The molecule has 5 nitrogen and oxygen atoms in total. The first-order valence-corrected chi connectivity index (χ1v) is 6.82. The summed E-state index contributed by atoms with van der Waals surface area (Å²) in [6.07, 6.45) is 0.556. The van der Waals surface area contributed by atoms with E-state index in [-0.39, 0.29) is 0 Å². The van der Waals surface area contributed by atoms with Gasteiger partial charge in [-0.15, -0.1) is 10.2 Å². The molecule has 1 rings (SSSR count). The highest BCUT2D eigenvalue weighted by molar-refractivity contribution is 8.00. The lowest BCUT2D eigenvalue weighted by atomic mass is 9.99. The SMILES string of the molecule is CCNC(C)(CCSc1nncs1)C(=O)O. The van der Waals surface area contributed by atoms with Crippen molar-refractivity contribution in [3.05, 3.63) is 5.51 Å². The zero-order chi connectivity index (χ0) is 12.0. The fourth-order valence-electron chi connectivity index (χ4n) is 1.23. The van der Waals surface area contributed by atoms with Crippen molar-refractivity contribution in [2.75, 3.05) is 12.3 Å². The minimum Gasteiger partial charge on any atom is -0.480 e. The first-order valence-electron chi connectivity index (χ1n) is 4.96. The van der Waals surface area contributed by atoms with E-state index >= 15 is 0 Å². The second kappa shape index (κ2) is 6.17. The quantitative estimate of drug-likeness (QED) is 0.724. The zero-order valence-electron chi connectivity index (χ0n) is 9.27. The average molecular weight is 261 g/mol. The number of hydrogen-bond donors (Lipinski definition) is 2. The molecule has 0 aromatic carbocycles. The fourth-order valence-corrected chi connectivity index (χ4v) is 2.95. The summed E-state index contributed by atoms with van der Waals surface area (Å²) >= 11 is 3.01. The molecule has 2 N–H and O–H groups in total. The number of nitrogens with one attached hydrogen (secondary N) is 1. The molecule has 0 bridgehead atoms. The highest BCUT2D eigenvalue weighted by Crippen LogP contribution is 2.22. The third-order valence-electron chi connectivity index (χ3n) is 2.21. The van der Waals surface area contributed by atoms with Gasteiger partial charge in [0.05, 0.1) is 0 Å². The van der Waals surface area contributed by atoms with Crippen LogP contribution in [0.3, 0.4) is 0 Å². The number of thioether (sulfide) groups is 1. The summed E-state index contributed by atoms with van der Waals surface area (Å²) in [7, 11) is 0. The standard InChI is InChI=1S/C9H15N3O2S2/c1-3-10-9(2,7(13)14)4-5-15-8-12-11-6-16-8/h6,10H,3-5H2,1-2H3,(H,13,14). The maximum absolute atomic E-state index is 11.1. The van der Waals surface area contributed by atoms with E-state index in [4.69, 9.17) is 5.11 Å². The first-order chi connectivity index (χ1) is 7.58. The topological polar surface area (TPSA) is 75.1 Å². The molecule has 0 fully saturated rings. The first kappa shape index (κ1) is 13.4. The summed E-state index contributed by atoms with van der Waals surface area (Å²) in [5, 5.41) is 19.7. The van der Waals surface area contributed by atoms with Gasteiger partial charge in [-0.3, -0.25) is 4.79 Å². The lowest BCUT2D eigenvalue weighted by molar-refractivity contribution is -0.144. The van der Waals surface area contributed by atoms with Gasteiger partial charge >= 0.3 is 5.97 Å². The molecule has 7 heteroatoms. The fraction of sp³-hybridized carbons (Fsp3) is 0.667. The number of rotatable bonds is 7. The van der Waals surface area contributed by atoms with Crippen molar-refractivity contribution >= 4 is 29.1 Å². The smallest absolute Gasteiger partial charge is 0.323 e. The molecule has 0 aliphatic rings. The summed E-state index contributed by atoms with van der Waals surface area (Å²) in [6.45, 7) is 4.25. The molecule has 1 aromatic heterocycles. The van der Waals surface area contributed by atoms with Crippen LogP contribution in [-0.2, 0) is 4.79 Å². The highest BCUT2D eigenvalue weighted by Gasteiger charge is 2.31. The Bertz CT molecular complexity index is 332. The molecule has 0 saturated carbocycles. The van der Waals surface area contributed by atoms with E-state index < -0.39 is 11.5 Å². The zero-order valence-corrected chi connectivity index (χ0v) is 10.9. The Morgan fingerprint density at radius 3 is 3.00 bits per heavy atom. The Morgan fingerprint density at radius 1 is 1.75 bits per heavy atom. The van der Waals surface area contributed by atoms with Gasteiger partial charge in [0.2, 0.25) is 0 Å². The molecule has 1 unspecified atom stereocenters. The lowest BCUT2D eigenvalue weighted by Crippen LogP contribution is -2.49. The number of carboxylic acids is 1. The number of aromatic nitrogens is 2. The molecule has 1 aromatic rings. The molecule has 0 radical (unpaired) electrons. The highest BCUT2D eigenvalue weighted by atomic mass is 32.2. The molecule has 16 heavy (non-hydrogen) atoms. The molecule has 0 aliphatic carbocycles. The van der Waals surface area contributed by atoms with Crippen LogP contribution in [0.2, 0.25) is 0 Å². The number of hydrogen-bond acceptors (Lipinski definition) is 6.